The molecule has 5 nitrogen and oxygen atoms in total. The Morgan fingerprint density at radius 1 is 1.00 bits per heavy atom. The standard InChI is InChI=1S/C23H14F2N4OS/c24-16-8-9-19(18(25)12-16)28-23-29(27-13-17-6-3-4-10-26-17)20(14-31-23)22-11-15-5-1-2-7-21(15)30-22/h1-14H. The van der Waals surface area contributed by atoms with E-state index in [1.807, 2.05) is 53.9 Å². The van der Waals surface area contributed by atoms with Crippen molar-refractivity contribution in [3.8, 4) is 11.5 Å². The van der Waals surface area contributed by atoms with Gasteiger partial charge in [-0.1, -0.05) is 24.3 Å². The molecule has 8 heteroatoms. The van der Waals surface area contributed by atoms with Crippen LogP contribution in [-0.2, 0) is 0 Å². The maximum Gasteiger partial charge on any atom is 0.211 e. The zero-order valence-corrected chi connectivity index (χ0v) is 16.8. The summed E-state index contributed by atoms with van der Waals surface area (Å²) < 4.78 is 35.0. The molecule has 31 heavy (non-hydrogen) atoms. The van der Waals surface area contributed by atoms with Gasteiger partial charge < -0.3 is 4.42 Å². The van der Waals surface area contributed by atoms with Crippen LogP contribution in [0, 0.1) is 11.6 Å². The van der Waals surface area contributed by atoms with Crippen molar-refractivity contribution < 1.29 is 13.2 Å². The van der Waals surface area contributed by atoms with Crippen LogP contribution in [0.5, 0.6) is 0 Å². The van der Waals surface area contributed by atoms with Gasteiger partial charge in [0.1, 0.15) is 22.8 Å². The molecule has 0 atom stereocenters. The van der Waals surface area contributed by atoms with Gasteiger partial charge in [0.2, 0.25) is 4.80 Å². The maximum absolute atomic E-state index is 14.2. The molecule has 0 aliphatic heterocycles. The number of furan rings is 1. The third-order valence-electron chi connectivity index (χ3n) is 4.48. The van der Waals surface area contributed by atoms with Crippen LogP contribution in [0.1, 0.15) is 5.69 Å². The normalized spacial score (nSPS) is 12.3. The van der Waals surface area contributed by atoms with Crippen molar-refractivity contribution in [1.29, 1.82) is 0 Å². The number of thiazole rings is 1. The molecule has 5 rings (SSSR count). The van der Waals surface area contributed by atoms with Crippen LogP contribution in [0.2, 0.25) is 0 Å². The Kier molecular flexibility index (Phi) is 4.97. The van der Waals surface area contributed by atoms with Crippen molar-refractivity contribution >= 4 is 34.2 Å². The fourth-order valence-electron chi connectivity index (χ4n) is 3.01. The summed E-state index contributed by atoms with van der Waals surface area (Å²) in [6.45, 7) is 0. The molecule has 0 amide bonds. The van der Waals surface area contributed by atoms with Crippen molar-refractivity contribution in [3.05, 3.63) is 100 Å². The molecular weight excluding hydrogens is 418 g/mol. The van der Waals surface area contributed by atoms with Gasteiger partial charge in [-0.25, -0.2) is 18.4 Å². The second kappa shape index (κ2) is 8.08. The molecule has 0 aliphatic carbocycles. The van der Waals surface area contributed by atoms with Gasteiger partial charge in [-0.2, -0.15) is 5.10 Å². The van der Waals surface area contributed by atoms with Crippen LogP contribution < -0.4 is 4.80 Å². The highest BCUT2D eigenvalue weighted by Gasteiger charge is 2.13. The van der Waals surface area contributed by atoms with Crippen molar-refractivity contribution in [2.24, 2.45) is 10.1 Å². The van der Waals surface area contributed by atoms with Gasteiger partial charge in [0.05, 0.1) is 11.9 Å². The summed E-state index contributed by atoms with van der Waals surface area (Å²) in [5, 5.41) is 7.29. The Morgan fingerprint density at radius 2 is 1.87 bits per heavy atom. The first-order valence-corrected chi connectivity index (χ1v) is 10.2. The Hall–Kier alpha value is -3.91. The molecule has 0 saturated carbocycles. The van der Waals surface area contributed by atoms with E-state index >= 15 is 0 Å². The first kappa shape index (κ1) is 19.1. The van der Waals surface area contributed by atoms with Crippen LogP contribution in [0.15, 0.2) is 92.8 Å². The van der Waals surface area contributed by atoms with Crippen LogP contribution >= 0.6 is 11.3 Å². The van der Waals surface area contributed by atoms with E-state index in [1.165, 1.54) is 17.4 Å². The summed E-state index contributed by atoms with van der Waals surface area (Å²) in [6.07, 6.45) is 3.25. The van der Waals surface area contributed by atoms with Crippen molar-refractivity contribution in [3.63, 3.8) is 0 Å². The number of hydrogen-bond donors (Lipinski definition) is 0. The van der Waals surface area contributed by atoms with Gasteiger partial charge in [-0.3, -0.25) is 4.98 Å². The van der Waals surface area contributed by atoms with Crippen LogP contribution in [0.3, 0.4) is 0 Å². The summed E-state index contributed by atoms with van der Waals surface area (Å²) >= 11 is 1.27. The molecule has 0 N–H and O–H groups in total. The van der Waals surface area contributed by atoms with Gasteiger partial charge >= 0.3 is 0 Å². The summed E-state index contributed by atoms with van der Waals surface area (Å²) in [5.74, 6) is -0.817. The van der Waals surface area contributed by atoms with Crippen LogP contribution in [-0.4, -0.2) is 15.9 Å². The van der Waals surface area contributed by atoms with Crippen molar-refractivity contribution in [2.45, 2.75) is 0 Å². The number of pyridine rings is 1. The predicted octanol–water partition coefficient (Wildman–Crippen LogP) is 5.75. The predicted molar refractivity (Wildman–Crippen MR) is 116 cm³/mol. The van der Waals surface area contributed by atoms with Gasteiger partial charge in [-0.15, -0.1) is 11.3 Å². The van der Waals surface area contributed by atoms with Gasteiger partial charge in [0.15, 0.2) is 11.6 Å². The zero-order chi connectivity index (χ0) is 21.2. The fraction of sp³-hybridized carbons (Fsp3) is 0. The second-order valence-electron chi connectivity index (χ2n) is 6.57. The number of aromatic nitrogens is 2. The third kappa shape index (κ3) is 3.93. The van der Waals surface area contributed by atoms with E-state index < -0.39 is 11.6 Å². The Labute approximate surface area is 179 Å². The molecule has 152 valence electrons. The first-order chi connectivity index (χ1) is 15.2. The molecule has 0 aliphatic rings. The first-order valence-electron chi connectivity index (χ1n) is 9.32. The van der Waals surface area contributed by atoms with E-state index in [4.69, 9.17) is 4.42 Å². The molecule has 0 radical (unpaired) electrons. The summed E-state index contributed by atoms with van der Waals surface area (Å²) in [5.41, 5.74) is 2.05. The molecule has 3 aromatic heterocycles. The SMILES string of the molecule is Fc1ccc(N=c2scc(-c3cc4ccccc4o3)n2N=Cc2ccccn2)c(F)c1. The molecule has 2 aromatic carbocycles. The molecule has 5 aromatic rings. The minimum atomic E-state index is -0.751. The monoisotopic (exact) mass is 432 g/mol. The average Bonchev–Trinajstić information content (AvgIpc) is 3.38. The quantitative estimate of drug-likeness (QED) is 0.340. The number of benzene rings is 2. The van der Waals surface area contributed by atoms with Crippen LogP contribution in [0.25, 0.3) is 22.4 Å². The van der Waals surface area contributed by atoms with E-state index in [0.717, 1.165) is 23.1 Å². The molecular formula is C23H14F2N4OS. The summed E-state index contributed by atoms with van der Waals surface area (Å²) in [4.78, 5) is 8.99. The zero-order valence-electron chi connectivity index (χ0n) is 15.9. The largest absolute Gasteiger partial charge is 0.454 e. The molecule has 3 heterocycles. The van der Waals surface area contributed by atoms with E-state index in [1.54, 1.807) is 17.1 Å². The third-order valence-corrected chi connectivity index (χ3v) is 5.30. The fourth-order valence-corrected chi connectivity index (χ4v) is 3.84. The number of fused-ring (bicyclic) bond motifs is 1. The lowest BCUT2D eigenvalue weighted by Crippen LogP contribution is -2.11. The summed E-state index contributed by atoms with van der Waals surface area (Å²) in [7, 11) is 0. The van der Waals surface area contributed by atoms with E-state index in [2.05, 4.69) is 15.1 Å². The molecule has 0 bridgehead atoms. The van der Waals surface area contributed by atoms with E-state index in [9.17, 15) is 8.78 Å². The van der Waals surface area contributed by atoms with E-state index in [0.29, 0.717) is 21.9 Å². The second-order valence-corrected chi connectivity index (χ2v) is 7.41. The average molecular weight is 432 g/mol. The number of hydrogen-bond acceptors (Lipinski definition) is 5. The molecule has 0 unspecified atom stereocenters. The Morgan fingerprint density at radius 3 is 2.68 bits per heavy atom. The number of para-hydroxylation sites is 1. The Balaban J connectivity index is 1.68. The lowest BCUT2D eigenvalue weighted by Gasteiger charge is -2.01. The van der Waals surface area contributed by atoms with Gasteiger partial charge in [-0.05, 0) is 36.4 Å². The van der Waals surface area contributed by atoms with Crippen LogP contribution in [0.4, 0.5) is 14.5 Å². The smallest absolute Gasteiger partial charge is 0.211 e. The topological polar surface area (TPSA) is 55.7 Å². The van der Waals surface area contributed by atoms with Crippen molar-refractivity contribution in [2.75, 3.05) is 0 Å². The summed E-state index contributed by atoms with van der Waals surface area (Å²) in [6, 6.07) is 18.3. The molecule has 0 saturated heterocycles. The maximum atomic E-state index is 14.2. The van der Waals surface area contributed by atoms with Gasteiger partial charge in [0.25, 0.3) is 0 Å². The molecule has 0 spiro atoms. The highest BCUT2D eigenvalue weighted by atomic mass is 32.1. The Bertz CT molecular complexity index is 1440. The van der Waals surface area contributed by atoms with Crippen molar-refractivity contribution in [1.82, 2.24) is 9.66 Å². The highest BCUT2D eigenvalue weighted by Crippen LogP contribution is 2.28. The minimum absolute atomic E-state index is 0.0150. The van der Waals surface area contributed by atoms with Gasteiger partial charge in [0, 0.05) is 23.0 Å². The number of halogens is 2. The lowest BCUT2D eigenvalue weighted by atomic mass is 10.2. The minimum Gasteiger partial charge on any atom is -0.454 e. The molecule has 0 fully saturated rings. The van der Waals surface area contributed by atoms with E-state index in [-0.39, 0.29) is 5.69 Å². The number of nitrogens with zero attached hydrogens (tertiary/aromatic N) is 4. The number of rotatable bonds is 4. The lowest BCUT2D eigenvalue weighted by molar-refractivity contribution is 0.584. The highest BCUT2D eigenvalue weighted by molar-refractivity contribution is 7.07.